The molecule has 0 aliphatic carbocycles. The third-order valence-corrected chi connectivity index (χ3v) is 1.60. The van der Waals surface area contributed by atoms with Crippen LogP contribution < -0.4 is 11.5 Å². The maximum atomic E-state index is 10.2. The van der Waals surface area contributed by atoms with E-state index in [1.807, 2.05) is 0 Å². The van der Waals surface area contributed by atoms with Crippen LogP contribution in [0.25, 0.3) is 0 Å². The molecule has 0 rings (SSSR count). The summed E-state index contributed by atoms with van der Waals surface area (Å²) >= 11 is 5.36. The van der Waals surface area contributed by atoms with Gasteiger partial charge in [-0.2, -0.15) is 0 Å². The number of aliphatic carboxylic acids is 1. The Hall–Kier alpha value is -1.01. The molecule has 0 spiro atoms. The molecule has 0 aromatic heterocycles. The number of guanidine groups is 1. The molecular formula is C6H12ClN3O3. The number of alkyl halides is 1. The lowest BCUT2D eigenvalue weighted by molar-refractivity contribution is -0.137. The summed E-state index contributed by atoms with van der Waals surface area (Å²) in [4.78, 5) is 13.8. The number of aliphatic hydroxyl groups excluding tert-OH is 1. The fourth-order valence-electron chi connectivity index (χ4n) is 0.625. The van der Waals surface area contributed by atoms with E-state index in [4.69, 9.17) is 33.3 Å². The van der Waals surface area contributed by atoms with Crippen molar-refractivity contribution >= 4 is 23.5 Å². The zero-order valence-corrected chi connectivity index (χ0v) is 7.61. The fourth-order valence-corrected chi connectivity index (χ4v) is 0.831. The molecule has 0 bridgehead atoms. The van der Waals surface area contributed by atoms with E-state index in [9.17, 15) is 4.79 Å². The van der Waals surface area contributed by atoms with Gasteiger partial charge in [0.25, 0.3) is 0 Å². The normalized spacial score (nSPS) is 14.6. The minimum absolute atomic E-state index is 0.0428. The van der Waals surface area contributed by atoms with Crippen molar-refractivity contribution in [1.29, 1.82) is 0 Å². The molecule has 0 radical (unpaired) electrons. The van der Waals surface area contributed by atoms with E-state index < -0.39 is 17.5 Å². The first-order valence-corrected chi connectivity index (χ1v) is 3.97. The smallest absolute Gasteiger partial charge is 0.321 e. The zero-order valence-electron chi connectivity index (χ0n) is 6.85. The summed E-state index contributed by atoms with van der Waals surface area (Å²) in [6, 6.07) is 0. The predicted molar refractivity (Wildman–Crippen MR) is 48.6 cm³/mol. The number of aliphatic imine (C=N–C) groups is 1. The first kappa shape index (κ1) is 12.0. The van der Waals surface area contributed by atoms with E-state index in [0.29, 0.717) is 0 Å². The van der Waals surface area contributed by atoms with E-state index in [1.165, 1.54) is 0 Å². The van der Waals surface area contributed by atoms with Crippen molar-refractivity contribution in [1.82, 2.24) is 0 Å². The van der Waals surface area contributed by atoms with Crippen LogP contribution in [0, 0.1) is 0 Å². The Morgan fingerprint density at radius 2 is 2.08 bits per heavy atom. The molecule has 0 amide bonds. The predicted octanol–water partition coefficient (Wildman–Crippen LogP) is -1.30. The van der Waals surface area contributed by atoms with Gasteiger partial charge in [0.2, 0.25) is 0 Å². The van der Waals surface area contributed by atoms with Gasteiger partial charge in [-0.25, -0.2) is 0 Å². The summed E-state index contributed by atoms with van der Waals surface area (Å²) in [5.41, 5.74) is 10.00. The number of carboxylic acid groups (broad SMARTS) is 1. The first-order valence-electron chi connectivity index (χ1n) is 3.53. The largest absolute Gasteiger partial charge is 0.480 e. The molecule has 13 heavy (non-hydrogen) atoms. The summed E-state index contributed by atoms with van der Waals surface area (Å²) < 4.78 is 0. The van der Waals surface area contributed by atoms with E-state index in [0.717, 1.165) is 0 Å². The van der Waals surface area contributed by atoms with Crippen molar-refractivity contribution < 1.29 is 15.0 Å². The minimum Gasteiger partial charge on any atom is -0.480 e. The highest BCUT2D eigenvalue weighted by Gasteiger charge is 2.17. The first-order chi connectivity index (χ1) is 5.93. The standard InChI is InChI=1S/C6H12ClN3O3/c7-4(5(12)13)1-3(11)2-10-6(8)9/h3-4,11H,1-2H2,(H,12,13)(H4,8,9,10). The highest BCUT2D eigenvalue weighted by Crippen LogP contribution is 2.06. The number of nitrogens with zero attached hydrogens (tertiary/aromatic N) is 1. The maximum Gasteiger partial charge on any atom is 0.321 e. The fraction of sp³-hybridized carbons (Fsp3) is 0.667. The molecule has 0 aliphatic heterocycles. The summed E-state index contributed by atoms with van der Waals surface area (Å²) in [6.45, 7) is -0.0428. The van der Waals surface area contributed by atoms with Crippen molar-refractivity contribution in [2.75, 3.05) is 6.54 Å². The second kappa shape index (κ2) is 5.60. The lowest BCUT2D eigenvalue weighted by atomic mass is 10.2. The Balaban J connectivity index is 3.80. The van der Waals surface area contributed by atoms with Gasteiger partial charge in [0.1, 0.15) is 5.38 Å². The van der Waals surface area contributed by atoms with Crippen molar-refractivity contribution in [3.8, 4) is 0 Å². The SMILES string of the molecule is NC(N)=NCC(O)CC(Cl)C(=O)O. The average molecular weight is 210 g/mol. The van der Waals surface area contributed by atoms with Gasteiger partial charge in [0.15, 0.2) is 5.96 Å². The number of hydrogen-bond donors (Lipinski definition) is 4. The molecule has 2 unspecified atom stereocenters. The van der Waals surface area contributed by atoms with Gasteiger partial charge in [-0.3, -0.25) is 9.79 Å². The second-order valence-corrected chi connectivity index (χ2v) is 2.99. The second-order valence-electron chi connectivity index (χ2n) is 2.46. The summed E-state index contributed by atoms with van der Waals surface area (Å²) in [5, 5.41) is 16.4. The van der Waals surface area contributed by atoms with Gasteiger partial charge >= 0.3 is 5.97 Å². The number of carbonyl (C=O) groups is 1. The van der Waals surface area contributed by atoms with Gasteiger partial charge in [-0.05, 0) is 0 Å². The van der Waals surface area contributed by atoms with Crippen molar-refractivity contribution in [2.45, 2.75) is 17.9 Å². The van der Waals surface area contributed by atoms with Crippen LogP contribution in [-0.4, -0.2) is 40.2 Å². The van der Waals surface area contributed by atoms with Crippen LogP contribution in [0.15, 0.2) is 4.99 Å². The van der Waals surface area contributed by atoms with Gasteiger partial charge in [0, 0.05) is 6.42 Å². The van der Waals surface area contributed by atoms with E-state index in [2.05, 4.69) is 4.99 Å². The molecule has 2 atom stereocenters. The highest BCUT2D eigenvalue weighted by molar-refractivity contribution is 6.29. The third kappa shape index (κ3) is 6.18. The average Bonchev–Trinajstić information content (AvgIpc) is 2.00. The number of aliphatic hydroxyl groups is 1. The Kier molecular flexibility index (Phi) is 5.17. The van der Waals surface area contributed by atoms with Crippen LogP contribution in [0.1, 0.15) is 6.42 Å². The molecule has 0 heterocycles. The molecule has 6 N–H and O–H groups in total. The van der Waals surface area contributed by atoms with Gasteiger partial charge < -0.3 is 21.7 Å². The molecular weight excluding hydrogens is 198 g/mol. The Morgan fingerprint density at radius 3 is 2.46 bits per heavy atom. The lowest BCUT2D eigenvalue weighted by Gasteiger charge is -2.09. The van der Waals surface area contributed by atoms with Crippen LogP contribution in [0.5, 0.6) is 0 Å². The third-order valence-electron chi connectivity index (χ3n) is 1.23. The molecule has 7 heteroatoms. The molecule has 0 aromatic rings. The van der Waals surface area contributed by atoms with Crippen LogP contribution in [0.3, 0.4) is 0 Å². The molecule has 0 saturated heterocycles. The number of carboxylic acids is 1. The quantitative estimate of drug-likeness (QED) is 0.255. The topological polar surface area (TPSA) is 122 Å². The maximum absolute atomic E-state index is 10.2. The van der Waals surface area contributed by atoms with Crippen LogP contribution in [0.2, 0.25) is 0 Å². The Labute approximate surface area is 80.2 Å². The molecule has 0 saturated carbocycles. The summed E-state index contributed by atoms with van der Waals surface area (Å²) in [7, 11) is 0. The number of nitrogens with two attached hydrogens (primary N) is 2. The molecule has 76 valence electrons. The molecule has 0 fully saturated rings. The monoisotopic (exact) mass is 209 g/mol. The molecule has 6 nitrogen and oxygen atoms in total. The van der Waals surface area contributed by atoms with Gasteiger partial charge in [-0.15, -0.1) is 11.6 Å². The van der Waals surface area contributed by atoms with Crippen LogP contribution >= 0.6 is 11.6 Å². The van der Waals surface area contributed by atoms with Crippen molar-refractivity contribution in [2.24, 2.45) is 16.5 Å². The lowest BCUT2D eigenvalue weighted by Crippen LogP contribution is -2.27. The molecule has 0 aromatic carbocycles. The van der Waals surface area contributed by atoms with E-state index in [-0.39, 0.29) is 18.9 Å². The Morgan fingerprint density at radius 1 is 1.54 bits per heavy atom. The minimum atomic E-state index is -1.18. The van der Waals surface area contributed by atoms with E-state index in [1.54, 1.807) is 0 Å². The zero-order chi connectivity index (χ0) is 10.4. The number of halogens is 1. The number of hydrogen-bond acceptors (Lipinski definition) is 3. The summed E-state index contributed by atoms with van der Waals surface area (Å²) in [5.74, 6) is -1.33. The van der Waals surface area contributed by atoms with Crippen LogP contribution in [0.4, 0.5) is 0 Å². The van der Waals surface area contributed by atoms with Gasteiger partial charge in [-0.1, -0.05) is 0 Å². The van der Waals surface area contributed by atoms with Gasteiger partial charge in [0.05, 0.1) is 12.6 Å². The van der Waals surface area contributed by atoms with Crippen molar-refractivity contribution in [3.05, 3.63) is 0 Å². The summed E-state index contributed by atoms with van der Waals surface area (Å²) in [6.07, 6.45) is -1.03. The van der Waals surface area contributed by atoms with Crippen LogP contribution in [-0.2, 0) is 4.79 Å². The van der Waals surface area contributed by atoms with Crippen molar-refractivity contribution in [3.63, 3.8) is 0 Å². The number of rotatable bonds is 5. The Bertz CT molecular complexity index is 205. The highest BCUT2D eigenvalue weighted by atomic mass is 35.5. The van der Waals surface area contributed by atoms with E-state index >= 15 is 0 Å². The molecule has 0 aliphatic rings.